The van der Waals surface area contributed by atoms with Gasteiger partial charge in [-0.05, 0) is 18.6 Å². The third-order valence-electron chi connectivity index (χ3n) is 2.54. The van der Waals surface area contributed by atoms with Gasteiger partial charge < -0.3 is 4.74 Å². The third-order valence-corrected chi connectivity index (χ3v) is 2.54. The predicted octanol–water partition coefficient (Wildman–Crippen LogP) is 1.38. The summed E-state index contributed by atoms with van der Waals surface area (Å²) in [5.41, 5.74) is 3.03. The van der Waals surface area contributed by atoms with Crippen molar-refractivity contribution in [3.05, 3.63) is 35.9 Å². The first kappa shape index (κ1) is 11.1. The molecule has 0 unspecified atom stereocenters. The first-order valence-corrected chi connectivity index (χ1v) is 5.41. The zero-order valence-electron chi connectivity index (χ0n) is 9.02. The van der Waals surface area contributed by atoms with Gasteiger partial charge >= 0.3 is 0 Å². The molecule has 0 spiro atoms. The van der Waals surface area contributed by atoms with Gasteiger partial charge in [0.05, 0.1) is 13.2 Å². The number of amides is 1. The van der Waals surface area contributed by atoms with Gasteiger partial charge in [0, 0.05) is 18.1 Å². The molecule has 1 atom stereocenters. The van der Waals surface area contributed by atoms with Gasteiger partial charge in [-0.3, -0.25) is 9.63 Å². The van der Waals surface area contributed by atoms with Gasteiger partial charge in [0.2, 0.25) is 0 Å². The van der Waals surface area contributed by atoms with Crippen LogP contribution in [0.1, 0.15) is 16.8 Å². The number of hydrogen-bond acceptors (Lipinski definition) is 3. The molecule has 0 bridgehead atoms. The molecule has 1 N–H and O–H groups in total. The fraction of sp³-hybridized carbons (Fsp3) is 0.417. The topological polar surface area (TPSA) is 47.6 Å². The van der Waals surface area contributed by atoms with Crippen LogP contribution in [0.3, 0.4) is 0 Å². The minimum atomic E-state index is -0.209. The van der Waals surface area contributed by atoms with Gasteiger partial charge in [-0.25, -0.2) is 5.48 Å². The van der Waals surface area contributed by atoms with Crippen molar-refractivity contribution in [2.45, 2.75) is 6.42 Å². The maximum Gasteiger partial charge on any atom is 0.274 e. The Kier molecular flexibility index (Phi) is 3.91. The molecule has 4 heteroatoms. The normalized spacial score (nSPS) is 19.6. The van der Waals surface area contributed by atoms with Crippen LogP contribution in [0, 0.1) is 5.92 Å². The molecular formula is C12H15NO3. The number of carbonyl (C=O) groups excluding carboxylic acids is 1. The summed E-state index contributed by atoms with van der Waals surface area (Å²) in [4.78, 5) is 16.7. The lowest BCUT2D eigenvalue weighted by Crippen LogP contribution is -2.26. The molecule has 1 amide bonds. The van der Waals surface area contributed by atoms with E-state index < -0.39 is 0 Å². The Bertz CT molecular complexity index is 333. The van der Waals surface area contributed by atoms with E-state index in [1.54, 1.807) is 12.1 Å². The van der Waals surface area contributed by atoms with E-state index in [0.717, 1.165) is 19.6 Å². The third kappa shape index (κ3) is 3.05. The van der Waals surface area contributed by atoms with Crippen LogP contribution < -0.4 is 5.48 Å². The second-order valence-corrected chi connectivity index (χ2v) is 3.84. The fourth-order valence-electron chi connectivity index (χ4n) is 1.59. The highest BCUT2D eigenvalue weighted by atomic mass is 16.7. The number of ether oxygens (including phenoxy) is 1. The molecule has 1 fully saturated rings. The second kappa shape index (κ2) is 5.63. The second-order valence-electron chi connectivity index (χ2n) is 3.84. The summed E-state index contributed by atoms with van der Waals surface area (Å²) in [6.45, 7) is 2.03. The van der Waals surface area contributed by atoms with E-state index in [4.69, 9.17) is 9.57 Å². The Hall–Kier alpha value is -1.39. The molecule has 86 valence electrons. The zero-order chi connectivity index (χ0) is 11.2. The van der Waals surface area contributed by atoms with Crippen LogP contribution in [0.5, 0.6) is 0 Å². The lowest BCUT2D eigenvalue weighted by Gasteiger charge is -2.09. The van der Waals surface area contributed by atoms with Gasteiger partial charge in [-0.15, -0.1) is 0 Å². The maximum atomic E-state index is 11.6. The van der Waals surface area contributed by atoms with Crippen LogP contribution in [0.4, 0.5) is 0 Å². The molecule has 0 aromatic heterocycles. The molecule has 16 heavy (non-hydrogen) atoms. The van der Waals surface area contributed by atoms with Crippen molar-refractivity contribution in [1.82, 2.24) is 5.48 Å². The van der Waals surface area contributed by atoms with Crippen LogP contribution >= 0.6 is 0 Å². The summed E-state index contributed by atoms with van der Waals surface area (Å²) in [6, 6.07) is 9.00. The molecule has 0 saturated carbocycles. The van der Waals surface area contributed by atoms with Crippen molar-refractivity contribution >= 4 is 5.91 Å². The van der Waals surface area contributed by atoms with Crippen molar-refractivity contribution in [2.75, 3.05) is 19.8 Å². The van der Waals surface area contributed by atoms with Gasteiger partial charge in [0.25, 0.3) is 5.91 Å². The summed E-state index contributed by atoms with van der Waals surface area (Å²) in [6.07, 6.45) is 1.00. The molecule has 0 radical (unpaired) electrons. The Morgan fingerprint density at radius 3 is 2.94 bits per heavy atom. The molecule has 1 aliphatic rings. The molecule has 0 aliphatic carbocycles. The van der Waals surface area contributed by atoms with E-state index >= 15 is 0 Å². The van der Waals surface area contributed by atoms with Crippen molar-refractivity contribution in [2.24, 2.45) is 5.92 Å². The largest absolute Gasteiger partial charge is 0.381 e. The highest BCUT2D eigenvalue weighted by Gasteiger charge is 2.16. The van der Waals surface area contributed by atoms with Gasteiger partial charge in [-0.2, -0.15) is 0 Å². The van der Waals surface area contributed by atoms with E-state index in [1.807, 2.05) is 18.2 Å². The number of hydroxylamine groups is 1. The van der Waals surface area contributed by atoms with Crippen molar-refractivity contribution < 1.29 is 14.4 Å². The van der Waals surface area contributed by atoms with Crippen LogP contribution in [-0.2, 0) is 9.57 Å². The van der Waals surface area contributed by atoms with Crippen molar-refractivity contribution in [3.63, 3.8) is 0 Å². The number of benzene rings is 1. The standard InChI is InChI=1S/C12H15NO3/c14-12(11-4-2-1-3-5-11)13-16-9-10-6-7-15-8-10/h1-5,10H,6-9H2,(H,13,14)/t10-/m1/s1. The molecule has 2 rings (SSSR count). The van der Waals surface area contributed by atoms with E-state index in [-0.39, 0.29) is 5.91 Å². The van der Waals surface area contributed by atoms with Gasteiger partial charge in [-0.1, -0.05) is 18.2 Å². The summed E-state index contributed by atoms with van der Waals surface area (Å²) in [5.74, 6) is 0.190. The summed E-state index contributed by atoms with van der Waals surface area (Å²) in [5, 5.41) is 0. The molecular weight excluding hydrogens is 206 g/mol. The van der Waals surface area contributed by atoms with Crippen molar-refractivity contribution in [1.29, 1.82) is 0 Å². The van der Waals surface area contributed by atoms with Crippen LogP contribution in [-0.4, -0.2) is 25.7 Å². The Labute approximate surface area is 94.5 Å². The molecule has 1 aliphatic heterocycles. The molecule has 1 aromatic rings. The summed E-state index contributed by atoms with van der Waals surface area (Å²) >= 11 is 0. The number of hydrogen-bond donors (Lipinski definition) is 1. The lowest BCUT2D eigenvalue weighted by molar-refractivity contribution is 0.0145. The van der Waals surface area contributed by atoms with Crippen LogP contribution in [0.2, 0.25) is 0 Å². The minimum absolute atomic E-state index is 0.209. The SMILES string of the molecule is O=C(NOC[C@@H]1CCOC1)c1ccccc1. The zero-order valence-corrected chi connectivity index (χ0v) is 9.02. The average molecular weight is 221 g/mol. The molecule has 1 heterocycles. The number of carbonyl (C=O) groups is 1. The first-order valence-electron chi connectivity index (χ1n) is 5.41. The molecule has 4 nitrogen and oxygen atoms in total. The minimum Gasteiger partial charge on any atom is -0.381 e. The first-order chi connectivity index (χ1) is 7.86. The number of nitrogens with one attached hydrogen (secondary N) is 1. The van der Waals surface area contributed by atoms with E-state index in [2.05, 4.69) is 5.48 Å². The fourth-order valence-corrected chi connectivity index (χ4v) is 1.59. The summed E-state index contributed by atoms with van der Waals surface area (Å²) in [7, 11) is 0. The van der Waals surface area contributed by atoms with Crippen LogP contribution in [0.25, 0.3) is 0 Å². The highest BCUT2D eigenvalue weighted by molar-refractivity contribution is 5.93. The average Bonchev–Trinajstić information content (AvgIpc) is 2.83. The predicted molar refractivity (Wildman–Crippen MR) is 58.8 cm³/mol. The Morgan fingerprint density at radius 2 is 2.25 bits per heavy atom. The Morgan fingerprint density at radius 1 is 1.44 bits per heavy atom. The molecule has 1 saturated heterocycles. The van der Waals surface area contributed by atoms with Crippen LogP contribution in [0.15, 0.2) is 30.3 Å². The van der Waals surface area contributed by atoms with E-state index in [1.165, 1.54) is 0 Å². The smallest absolute Gasteiger partial charge is 0.274 e. The summed E-state index contributed by atoms with van der Waals surface area (Å²) < 4.78 is 5.21. The quantitative estimate of drug-likeness (QED) is 0.781. The Balaban J connectivity index is 1.71. The molecule has 1 aromatic carbocycles. The van der Waals surface area contributed by atoms with Crippen molar-refractivity contribution in [3.8, 4) is 0 Å². The monoisotopic (exact) mass is 221 g/mol. The van der Waals surface area contributed by atoms with Gasteiger partial charge in [0.1, 0.15) is 0 Å². The maximum absolute atomic E-state index is 11.6. The number of rotatable bonds is 4. The lowest BCUT2D eigenvalue weighted by atomic mass is 10.1. The highest BCUT2D eigenvalue weighted by Crippen LogP contribution is 2.11. The van der Waals surface area contributed by atoms with Gasteiger partial charge in [0.15, 0.2) is 0 Å². The van der Waals surface area contributed by atoms with E-state index in [0.29, 0.717) is 18.1 Å². The van der Waals surface area contributed by atoms with E-state index in [9.17, 15) is 4.79 Å².